The molecule has 1 aromatic heterocycles. The number of amidine groups is 2. The number of benzene rings is 3. The number of hydrogen-bond acceptors (Lipinski definition) is 4. The smallest absolute Gasteiger partial charge is 0.283 e. The summed E-state index contributed by atoms with van der Waals surface area (Å²) >= 11 is 1.37. The van der Waals surface area contributed by atoms with E-state index in [1.54, 1.807) is 11.0 Å². The van der Waals surface area contributed by atoms with Crippen LogP contribution in [0.25, 0.3) is 22.7 Å². The highest BCUT2D eigenvalue weighted by Crippen LogP contribution is 2.37. The molecule has 1 atom stereocenters. The number of fused-ring (bicyclic) bond motifs is 2. The summed E-state index contributed by atoms with van der Waals surface area (Å²) in [5.41, 5.74) is 4.08. The monoisotopic (exact) mass is 518 g/mol. The molecule has 3 aromatic carbocycles. The number of hydrogen-bond donors (Lipinski definition) is 1. The van der Waals surface area contributed by atoms with Gasteiger partial charge in [0.05, 0.1) is 17.9 Å². The van der Waals surface area contributed by atoms with Gasteiger partial charge < -0.3 is 9.30 Å². The van der Waals surface area contributed by atoms with Crippen LogP contribution >= 0.6 is 11.8 Å². The van der Waals surface area contributed by atoms with Gasteiger partial charge in [-0.25, -0.2) is 0 Å². The van der Waals surface area contributed by atoms with E-state index in [-0.39, 0.29) is 17.3 Å². The van der Waals surface area contributed by atoms with Crippen molar-refractivity contribution in [2.24, 2.45) is 10.9 Å². The van der Waals surface area contributed by atoms with Crippen LogP contribution in [0.3, 0.4) is 0 Å². The van der Waals surface area contributed by atoms with Gasteiger partial charge in [-0.05, 0) is 29.8 Å². The van der Waals surface area contributed by atoms with Crippen LogP contribution in [0.2, 0.25) is 0 Å². The molecule has 4 aromatic rings. The number of rotatable bonds is 7. The average molecular weight is 519 g/mol. The van der Waals surface area contributed by atoms with E-state index in [0.29, 0.717) is 11.8 Å². The lowest BCUT2D eigenvalue weighted by atomic mass is 10.1. The van der Waals surface area contributed by atoms with Crippen LogP contribution in [0, 0.1) is 11.3 Å². The Bertz CT molecular complexity index is 1620. The van der Waals surface area contributed by atoms with Crippen LogP contribution in [0.15, 0.2) is 107 Å². The van der Waals surface area contributed by atoms with Gasteiger partial charge in [-0.15, -0.1) is 0 Å². The lowest BCUT2D eigenvalue weighted by Gasteiger charge is -2.26. The van der Waals surface area contributed by atoms with E-state index in [4.69, 9.17) is 10.1 Å². The molecule has 1 N–H and O–H groups in total. The van der Waals surface area contributed by atoms with E-state index < -0.39 is 5.91 Å². The Balaban J connectivity index is 1.29. The van der Waals surface area contributed by atoms with Crippen LogP contribution in [-0.4, -0.2) is 33.0 Å². The molecule has 0 saturated heterocycles. The Morgan fingerprint density at radius 2 is 1.71 bits per heavy atom. The molecule has 6 nitrogen and oxygen atoms in total. The number of ether oxygens (including phenoxy) is 1. The van der Waals surface area contributed by atoms with E-state index in [9.17, 15) is 4.79 Å². The Kier molecular flexibility index (Phi) is 6.43. The van der Waals surface area contributed by atoms with Gasteiger partial charge in [0.1, 0.15) is 11.6 Å². The van der Waals surface area contributed by atoms with Gasteiger partial charge in [-0.3, -0.25) is 15.1 Å². The van der Waals surface area contributed by atoms with Crippen molar-refractivity contribution in [2.75, 3.05) is 6.61 Å². The normalized spacial score (nSPS) is 17.0. The van der Waals surface area contributed by atoms with Crippen LogP contribution in [-0.2, 0) is 11.3 Å². The minimum atomic E-state index is -0.391. The van der Waals surface area contributed by atoms with Gasteiger partial charge in [0.15, 0.2) is 5.17 Å². The summed E-state index contributed by atoms with van der Waals surface area (Å²) < 4.78 is 8.17. The standard InChI is InChI=1S/C31H26N4O2S/c1-21(19-37-24-12-6-3-7-13-24)17-34-18-23(25-14-8-9-15-27(25)34)16-26-29(32)35-28(22-10-4-2-5-11-22)20-38-31(35)33-30(26)36/h2-16,18,20-21,32H,17,19H2,1H3/b26-16+,32-29?/t21-/m1/s1. The molecule has 0 fully saturated rings. The van der Waals surface area contributed by atoms with Gasteiger partial charge in [0, 0.05) is 40.5 Å². The van der Waals surface area contributed by atoms with Crippen molar-refractivity contribution < 1.29 is 9.53 Å². The van der Waals surface area contributed by atoms with Crippen LogP contribution in [0.1, 0.15) is 18.1 Å². The first-order valence-corrected chi connectivity index (χ1v) is 13.4. The molecule has 0 saturated carbocycles. The first kappa shape index (κ1) is 24.0. The van der Waals surface area contributed by atoms with E-state index in [2.05, 4.69) is 34.8 Å². The predicted molar refractivity (Wildman–Crippen MR) is 155 cm³/mol. The number of nitrogens with one attached hydrogen (secondary N) is 1. The number of carbonyl (C=O) groups excluding carboxylic acids is 1. The van der Waals surface area contributed by atoms with Crippen molar-refractivity contribution in [2.45, 2.75) is 13.5 Å². The molecule has 0 radical (unpaired) electrons. The third kappa shape index (κ3) is 4.57. The fourth-order valence-electron chi connectivity index (χ4n) is 4.75. The number of aromatic nitrogens is 1. The number of amides is 1. The number of nitrogens with zero attached hydrogens (tertiary/aromatic N) is 3. The van der Waals surface area contributed by atoms with Gasteiger partial charge in [0.25, 0.3) is 5.91 Å². The summed E-state index contributed by atoms with van der Waals surface area (Å²) in [5, 5.41) is 12.5. The highest BCUT2D eigenvalue weighted by molar-refractivity contribution is 8.17. The second kappa shape index (κ2) is 10.2. The van der Waals surface area contributed by atoms with E-state index in [0.717, 1.165) is 40.0 Å². The van der Waals surface area contributed by atoms with Crippen LogP contribution < -0.4 is 4.74 Å². The maximum atomic E-state index is 13.1. The molecule has 0 spiro atoms. The van der Waals surface area contributed by atoms with Crippen LogP contribution in [0.4, 0.5) is 0 Å². The quantitative estimate of drug-likeness (QED) is 0.278. The Hall–Kier alpha value is -4.36. The molecule has 38 heavy (non-hydrogen) atoms. The lowest BCUT2D eigenvalue weighted by molar-refractivity contribution is -0.114. The first-order valence-electron chi connectivity index (χ1n) is 12.5. The zero-order valence-corrected chi connectivity index (χ0v) is 21.7. The predicted octanol–water partition coefficient (Wildman–Crippen LogP) is 6.66. The number of carbonyl (C=O) groups is 1. The zero-order chi connectivity index (χ0) is 26.1. The molecule has 3 heterocycles. The molecule has 2 aliphatic heterocycles. The minimum absolute atomic E-state index is 0.140. The maximum absolute atomic E-state index is 13.1. The van der Waals surface area contributed by atoms with Gasteiger partial charge in [-0.2, -0.15) is 4.99 Å². The number of thioether (sulfide) groups is 1. The highest BCUT2D eigenvalue weighted by atomic mass is 32.2. The summed E-state index contributed by atoms with van der Waals surface area (Å²) in [6.07, 6.45) is 3.86. The Labute approximate surface area is 225 Å². The van der Waals surface area contributed by atoms with Crippen molar-refractivity contribution in [3.63, 3.8) is 0 Å². The minimum Gasteiger partial charge on any atom is -0.493 e. The fraction of sp³-hybridized carbons (Fsp3) is 0.129. The molecule has 0 unspecified atom stereocenters. The van der Waals surface area contributed by atoms with Crippen molar-refractivity contribution in [1.29, 1.82) is 5.41 Å². The van der Waals surface area contributed by atoms with E-state index >= 15 is 0 Å². The Morgan fingerprint density at radius 1 is 1.00 bits per heavy atom. The molecular formula is C31H26N4O2S. The number of aliphatic imine (C=N–C) groups is 1. The van der Waals surface area contributed by atoms with E-state index in [1.165, 1.54) is 11.8 Å². The Morgan fingerprint density at radius 3 is 2.50 bits per heavy atom. The first-order chi connectivity index (χ1) is 18.6. The molecular weight excluding hydrogens is 492 g/mol. The molecule has 2 aliphatic rings. The summed E-state index contributed by atoms with van der Waals surface area (Å²) in [6, 6.07) is 27.9. The SMILES string of the molecule is C[C@@H](COc1ccccc1)Cn1cc(/C=C2\C(=N)N3C(c4ccccc4)=CSC3=NC2=O)c2ccccc21. The lowest BCUT2D eigenvalue weighted by Crippen LogP contribution is -2.38. The summed E-state index contributed by atoms with van der Waals surface area (Å²) in [6.45, 7) is 3.51. The molecule has 0 aliphatic carbocycles. The second-order valence-electron chi connectivity index (χ2n) is 9.41. The maximum Gasteiger partial charge on any atom is 0.283 e. The van der Waals surface area contributed by atoms with Gasteiger partial charge in [0.2, 0.25) is 0 Å². The van der Waals surface area contributed by atoms with Crippen molar-refractivity contribution in [3.8, 4) is 5.75 Å². The highest BCUT2D eigenvalue weighted by Gasteiger charge is 2.36. The number of para-hydroxylation sites is 2. The molecule has 0 bridgehead atoms. The molecule has 6 rings (SSSR count). The van der Waals surface area contributed by atoms with Gasteiger partial charge >= 0.3 is 0 Å². The summed E-state index contributed by atoms with van der Waals surface area (Å²) in [7, 11) is 0. The molecule has 188 valence electrons. The van der Waals surface area contributed by atoms with Crippen molar-refractivity contribution in [3.05, 3.63) is 113 Å². The third-order valence-corrected chi connectivity index (χ3v) is 7.42. The topological polar surface area (TPSA) is 70.7 Å². The average Bonchev–Trinajstić information content (AvgIpc) is 3.52. The van der Waals surface area contributed by atoms with Crippen molar-refractivity contribution in [1.82, 2.24) is 9.47 Å². The molecule has 1 amide bonds. The molecule has 7 heteroatoms. The van der Waals surface area contributed by atoms with E-state index in [1.807, 2.05) is 78.2 Å². The summed E-state index contributed by atoms with van der Waals surface area (Å²) in [4.78, 5) is 19.1. The fourth-order valence-corrected chi connectivity index (χ4v) is 5.64. The largest absolute Gasteiger partial charge is 0.493 e. The third-order valence-electron chi connectivity index (χ3n) is 6.59. The summed E-state index contributed by atoms with van der Waals surface area (Å²) in [5.74, 6) is 0.869. The van der Waals surface area contributed by atoms with Crippen LogP contribution in [0.5, 0.6) is 5.75 Å². The van der Waals surface area contributed by atoms with Crippen molar-refractivity contribution >= 4 is 51.3 Å². The zero-order valence-electron chi connectivity index (χ0n) is 20.9. The second-order valence-corrected chi connectivity index (χ2v) is 10.2. The van der Waals surface area contributed by atoms with Gasteiger partial charge in [-0.1, -0.05) is 85.4 Å².